The van der Waals surface area contributed by atoms with Gasteiger partial charge in [0, 0.05) is 0 Å². The molecular formula is C11H14N6O3. The van der Waals surface area contributed by atoms with Gasteiger partial charge in [-0.25, -0.2) is 0 Å². The molecule has 0 atom stereocenters. The predicted octanol–water partition coefficient (Wildman–Crippen LogP) is 0.951. The van der Waals surface area contributed by atoms with Gasteiger partial charge in [0.25, 0.3) is 0 Å². The van der Waals surface area contributed by atoms with Crippen LogP contribution in [0.3, 0.4) is 0 Å². The fraction of sp³-hybridized carbons (Fsp3) is 0.545. The van der Waals surface area contributed by atoms with E-state index in [9.17, 15) is 10.1 Å². The molecule has 0 unspecified atom stereocenters. The molecule has 9 nitrogen and oxygen atoms in total. The summed E-state index contributed by atoms with van der Waals surface area (Å²) >= 11 is 0. The lowest BCUT2D eigenvalue weighted by Crippen LogP contribution is -2.34. The van der Waals surface area contributed by atoms with Crippen molar-refractivity contribution in [2.24, 2.45) is 5.73 Å². The number of rotatable bonds is 4. The molecule has 9 heteroatoms. The average molecular weight is 278 g/mol. The summed E-state index contributed by atoms with van der Waals surface area (Å²) in [5, 5.41) is 18.4. The van der Waals surface area contributed by atoms with Crippen molar-refractivity contribution in [1.82, 2.24) is 19.9 Å². The van der Waals surface area contributed by atoms with E-state index in [4.69, 9.17) is 10.3 Å². The molecule has 0 aliphatic heterocycles. The van der Waals surface area contributed by atoms with Crippen LogP contribution in [0.25, 0.3) is 0 Å². The number of hydrogen-bond donors (Lipinski definition) is 1. The Morgan fingerprint density at radius 2 is 2.25 bits per heavy atom. The van der Waals surface area contributed by atoms with Gasteiger partial charge in [-0.2, -0.15) is 10.1 Å². The van der Waals surface area contributed by atoms with E-state index >= 15 is 0 Å². The van der Waals surface area contributed by atoms with E-state index < -0.39 is 10.5 Å². The highest BCUT2D eigenvalue weighted by Gasteiger charge is 2.35. The van der Waals surface area contributed by atoms with Gasteiger partial charge in [-0.3, -0.25) is 14.8 Å². The number of nitrogens with zero attached hydrogens (tertiary/aromatic N) is 5. The minimum absolute atomic E-state index is 0.0733. The minimum atomic E-state index is -0.504. The van der Waals surface area contributed by atoms with Crippen LogP contribution in [0.1, 0.15) is 37.4 Å². The van der Waals surface area contributed by atoms with E-state index in [2.05, 4.69) is 15.2 Å². The molecule has 2 aromatic heterocycles. The summed E-state index contributed by atoms with van der Waals surface area (Å²) in [5.74, 6) is 0.848. The fourth-order valence-electron chi connectivity index (χ4n) is 2.42. The largest absolute Gasteiger partial charge is 0.337 e. The van der Waals surface area contributed by atoms with Crippen LogP contribution in [0.15, 0.2) is 16.9 Å². The topological polar surface area (TPSA) is 126 Å². The smallest absolute Gasteiger partial charge is 0.307 e. The van der Waals surface area contributed by atoms with E-state index in [0.29, 0.717) is 11.7 Å². The highest BCUT2D eigenvalue weighted by Crippen LogP contribution is 2.34. The molecule has 2 aromatic rings. The minimum Gasteiger partial charge on any atom is -0.337 e. The van der Waals surface area contributed by atoms with Crippen molar-refractivity contribution in [3.63, 3.8) is 0 Å². The third kappa shape index (κ3) is 2.27. The van der Waals surface area contributed by atoms with Gasteiger partial charge in [-0.15, -0.1) is 0 Å². The first-order chi connectivity index (χ1) is 9.57. The summed E-state index contributed by atoms with van der Waals surface area (Å²) in [5.41, 5.74) is 5.66. The van der Waals surface area contributed by atoms with Gasteiger partial charge in [-0.05, 0) is 12.8 Å². The first kappa shape index (κ1) is 12.7. The van der Waals surface area contributed by atoms with Gasteiger partial charge in [-0.1, -0.05) is 18.0 Å². The molecule has 0 aromatic carbocycles. The fourth-order valence-corrected chi connectivity index (χ4v) is 2.42. The number of nitro groups is 1. The third-order valence-corrected chi connectivity index (χ3v) is 3.54. The van der Waals surface area contributed by atoms with Crippen LogP contribution in [0.4, 0.5) is 5.69 Å². The number of nitrogens with two attached hydrogens (primary N) is 1. The molecule has 2 heterocycles. The summed E-state index contributed by atoms with van der Waals surface area (Å²) in [4.78, 5) is 14.3. The van der Waals surface area contributed by atoms with Crippen molar-refractivity contribution in [2.75, 3.05) is 0 Å². The lowest BCUT2D eigenvalue weighted by Gasteiger charge is -2.17. The zero-order valence-corrected chi connectivity index (χ0v) is 10.7. The molecule has 0 amide bonds. The molecule has 1 aliphatic rings. The van der Waals surface area contributed by atoms with Crippen molar-refractivity contribution in [1.29, 1.82) is 0 Å². The first-order valence-electron chi connectivity index (χ1n) is 6.36. The van der Waals surface area contributed by atoms with Crippen LogP contribution >= 0.6 is 0 Å². The van der Waals surface area contributed by atoms with E-state index in [1.54, 1.807) is 0 Å². The van der Waals surface area contributed by atoms with Crippen LogP contribution in [-0.4, -0.2) is 24.8 Å². The normalized spacial score (nSPS) is 17.4. The van der Waals surface area contributed by atoms with Crippen LogP contribution in [-0.2, 0) is 12.1 Å². The van der Waals surface area contributed by atoms with Crippen LogP contribution in [0.5, 0.6) is 0 Å². The van der Waals surface area contributed by atoms with Gasteiger partial charge in [0.2, 0.25) is 5.89 Å². The van der Waals surface area contributed by atoms with E-state index in [1.165, 1.54) is 17.1 Å². The molecule has 0 radical (unpaired) electrons. The molecule has 0 spiro atoms. The van der Waals surface area contributed by atoms with Crippen molar-refractivity contribution in [2.45, 2.75) is 37.8 Å². The maximum Gasteiger partial charge on any atom is 0.307 e. The lowest BCUT2D eigenvalue weighted by atomic mass is 9.99. The highest BCUT2D eigenvalue weighted by atomic mass is 16.6. The van der Waals surface area contributed by atoms with Gasteiger partial charge in [0.15, 0.2) is 5.82 Å². The van der Waals surface area contributed by atoms with Crippen molar-refractivity contribution < 1.29 is 9.45 Å². The maximum atomic E-state index is 10.6. The molecule has 1 aliphatic carbocycles. The van der Waals surface area contributed by atoms with E-state index in [0.717, 1.165) is 25.7 Å². The second kappa shape index (κ2) is 4.67. The predicted molar refractivity (Wildman–Crippen MR) is 66.6 cm³/mol. The van der Waals surface area contributed by atoms with Crippen LogP contribution in [0, 0.1) is 10.1 Å². The Bertz CT molecular complexity index is 628. The first-order valence-corrected chi connectivity index (χ1v) is 6.36. The number of aromatic nitrogens is 4. The van der Waals surface area contributed by atoms with E-state index in [1.807, 2.05) is 0 Å². The average Bonchev–Trinajstić information content (AvgIpc) is 3.10. The molecule has 1 saturated carbocycles. The summed E-state index contributed by atoms with van der Waals surface area (Å²) in [6, 6.07) is 0. The van der Waals surface area contributed by atoms with Crippen molar-refractivity contribution in [3.8, 4) is 0 Å². The highest BCUT2D eigenvalue weighted by molar-refractivity contribution is 5.20. The van der Waals surface area contributed by atoms with Crippen molar-refractivity contribution in [3.05, 3.63) is 34.2 Å². The molecular weight excluding hydrogens is 264 g/mol. The van der Waals surface area contributed by atoms with Crippen LogP contribution < -0.4 is 5.73 Å². The Morgan fingerprint density at radius 3 is 2.90 bits per heavy atom. The summed E-state index contributed by atoms with van der Waals surface area (Å²) in [6.45, 7) is 0.191. The zero-order valence-electron chi connectivity index (χ0n) is 10.7. The lowest BCUT2D eigenvalue weighted by molar-refractivity contribution is -0.385. The van der Waals surface area contributed by atoms with E-state index in [-0.39, 0.29) is 12.2 Å². The molecule has 20 heavy (non-hydrogen) atoms. The molecule has 3 rings (SSSR count). The second-order valence-electron chi connectivity index (χ2n) is 5.03. The van der Waals surface area contributed by atoms with Gasteiger partial charge < -0.3 is 10.3 Å². The summed E-state index contributed by atoms with van der Waals surface area (Å²) in [6.07, 6.45) is 6.31. The molecule has 1 fully saturated rings. The van der Waals surface area contributed by atoms with Gasteiger partial charge >= 0.3 is 5.69 Å². The monoisotopic (exact) mass is 278 g/mol. The maximum absolute atomic E-state index is 10.6. The zero-order chi connectivity index (χ0) is 14.2. The Labute approximate surface area is 113 Å². The Kier molecular flexibility index (Phi) is 2.97. The third-order valence-electron chi connectivity index (χ3n) is 3.54. The quantitative estimate of drug-likeness (QED) is 0.651. The molecule has 106 valence electrons. The van der Waals surface area contributed by atoms with Crippen LogP contribution in [0.2, 0.25) is 0 Å². The molecule has 0 saturated heterocycles. The van der Waals surface area contributed by atoms with Gasteiger partial charge in [0.05, 0.1) is 10.5 Å². The SMILES string of the molecule is NC1(c2noc(Cn3cc([N+](=O)[O-])cn3)n2)CCCC1. The number of hydrogen-bond acceptors (Lipinski definition) is 7. The Hall–Kier alpha value is -2.29. The second-order valence-corrected chi connectivity index (χ2v) is 5.03. The molecule has 2 N–H and O–H groups in total. The standard InChI is InChI=1S/C11H14N6O3/c12-11(3-1-2-4-11)10-14-9(20-15-10)7-16-6-8(5-13-16)17(18)19/h5-6H,1-4,7,12H2. The Balaban J connectivity index is 1.75. The summed E-state index contributed by atoms with van der Waals surface area (Å²) in [7, 11) is 0. The van der Waals surface area contributed by atoms with Crippen molar-refractivity contribution >= 4 is 5.69 Å². The molecule has 0 bridgehead atoms. The van der Waals surface area contributed by atoms with Gasteiger partial charge in [0.1, 0.15) is 18.9 Å². The summed E-state index contributed by atoms with van der Waals surface area (Å²) < 4.78 is 6.53. The Morgan fingerprint density at radius 1 is 1.50 bits per heavy atom.